The first-order chi connectivity index (χ1) is 19.6. The largest absolute Gasteiger partial charge is 0.492 e. The lowest BCUT2D eigenvalue weighted by Gasteiger charge is -2.24. The summed E-state index contributed by atoms with van der Waals surface area (Å²) in [6.07, 6.45) is 8.69. The van der Waals surface area contributed by atoms with Crippen LogP contribution < -0.4 is 15.4 Å². The predicted octanol–water partition coefficient (Wildman–Crippen LogP) is 3.74. The number of amides is 1. The van der Waals surface area contributed by atoms with Crippen LogP contribution in [0, 0.1) is 0 Å². The number of hydrogen-bond acceptors (Lipinski definition) is 7. The second-order valence-electron chi connectivity index (χ2n) is 10.1. The Morgan fingerprint density at radius 1 is 1.05 bits per heavy atom. The molecule has 3 N–H and O–H groups in total. The number of anilines is 1. The zero-order valence-electron chi connectivity index (χ0n) is 22.9. The number of nitrogens with one attached hydrogen (secondary N) is 2. The Morgan fingerprint density at radius 2 is 1.93 bits per heavy atom. The lowest BCUT2D eigenvalue weighted by atomic mass is 10.1. The number of benzene rings is 1. The third-order valence-electron chi connectivity index (χ3n) is 6.98. The summed E-state index contributed by atoms with van der Waals surface area (Å²) in [6, 6.07) is 16.6. The number of carbonyl (C=O) groups excluding carboxylic acids is 1. The van der Waals surface area contributed by atoms with Gasteiger partial charge in [0, 0.05) is 37.7 Å². The first-order valence-corrected chi connectivity index (χ1v) is 14.1. The summed E-state index contributed by atoms with van der Waals surface area (Å²) < 4.78 is 5.90. The molecule has 0 saturated carbocycles. The normalized spacial score (nSPS) is 13.2. The number of aliphatic carboxylic acids is 1. The molecule has 0 spiro atoms. The molecule has 2 aromatic heterocycles. The maximum atomic E-state index is 12.5. The molecular weight excluding hydrogens is 506 g/mol. The number of carbonyl (C=O) groups is 2. The van der Waals surface area contributed by atoms with Gasteiger partial charge in [0.15, 0.2) is 0 Å². The molecule has 3 heterocycles. The number of carboxylic acids is 1. The van der Waals surface area contributed by atoms with E-state index in [1.165, 1.54) is 5.56 Å². The van der Waals surface area contributed by atoms with Crippen LogP contribution in [0.4, 0.5) is 5.82 Å². The number of carboxylic acid groups (broad SMARTS) is 1. The lowest BCUT2D eigenvalue weighted by Crippen LogP contribution is -2.44. The number of unbranched alkanes of at least 4 members (excludes halogenated alkanes) is 1. The van der Waals surface area contributed by atoms with Crippen molar-refractivity contribution in [3.05, 3.63) is 83.8 Å². The Bertz CT molecular complexity index is 1210. The van der Waals surface area contributed by atoms with E-state index in [4.69, 9.17) is 9.72 Å². The Labute approximate surface area is 236 Å². The maximum Gasteiger partial charge on any atom is 0.326 e. The fourth-order valence-corrected chi connectivity index (χ4v) is 4.80. The summed E-state index contributed by atoms with van der Waals surface area (Å²) in [4.78, 5) is 35.5. The highest BCUT2D eigenvalue weighted by Crippen LogP contribution is 2.20. The number of fused-ring (bicyclic) bond motifs is 1. The molecule has 1 unspecified atom stereocenters. The molecule has 0 radical (unpaired) electrons. The van der Waals surface area contributed by atoms with E-state index in [9.17, 15) is 14.7 Å². The Hall–Kier alpha value is -3.98. The Balaban J connectivity index is 1.27. The average Bonchev–Trinajstić information content (AvgIpc) is 2.97. The van der Waals surface area contributed by atoms with Crippen LogP contribution in [-0.2, 0) is 28.9 Å². The number of rotatable bonds is 16. The quantitative estimate of drug-likeness (QED) is 0.233. The Kier molecular flexibility index (Phi) is 11.3. The van der Waals surface area contributed by atoms with E-state index in [-0.39, 0.29) is 12.3 Å². The number of aromatic nitrogens is 2. The van der Waals surface area contributed by atoms with Crippen molar-refractivity contribution < 1.29 is 19.4 Å². The molecule has 4 rings (SSSR count). The van der Waals surface area contributed by atoms with Crippen molar-refractivity contribution in [2.45, 2.75) is 51.0 Å². The third kappa shape index (κ3) is 9.64. The molecule has 1 aliphatic rings. The van der Waals surface area contributed by atoms with E-state index < -0.39 is 12.0 Å². The van der Waals surface area contributed by atoms with Crippen molar-refractivity contribution >= 4 is 17.7 Å². The monoisotopic (exact) mass is 545 g/mol. The number of nitrogens with zero attached hydrogens (tertiary/aromatic N) is 3. The maximum absolute atomic E-state index is 12.5. The van der Waals surface area contributed by atoms with E-state index in [1.807, 2.05) is 30.3 Å². The molecule has 1 amide bonds. The number of aryl methyl sites for hydroxylation is 2. The second-order valence-corrected chi connectivity index (χ2v) is 10.1. The fraction of sp³-hybridized carbons (Fsp3) is 0.419. The van der Waals surface area contributed by atoms with Crippen LogP contribution in [0.1, 0.15) is 42.5 Å². The van der Waals surface area contributed by atoms with Crippen molar-refractivity contribution in [1.29, 1.82) is 0 Å². The minimum absolute atomic E-state index is 0.0957. The fourth-order valence-electron chi connectivity index (χ4n) is 4.80. The molecule has 1 atom stereocenters. The van der Waals surface area contributed by atoms with E-state index in [0.29, 0.717) is 26.1 Å². The molecule has 1 aliphatic heterocycles. The first-order valence-electron chi connectivity index (χ1n) is 14.1. The predicted molar refractivity (Wildman–Crippen MR) is 154 cm³/mol. The van der Waals surface area contributed by atoms with Gasteiger partial charge in [-0.05, 0) is 80.5 Å². The standard InChI is InChI=1S/C31H39N5O4/c37-29(22-24-8-6-16-32-23-24)35-28(31(38)39)15-19-36(20-21-40-27-11-2-1-3-12-27)18-5-4-10-26-14-13-25-9-7-17-33-30(25)34-26/h1-3,6,8,11-14,16,23,28H,4-5,7,9-10,15,17-22H2,(H,33,34)(H,35,37)(H,38,39). The minimum atomic E-state index is -1.04. The smallest absolute Gasteiger partial charge is 0.326 e. The van der Waals surface area contributed by atoms with E-state index in [0.717, 1.165) is 68.0 Å². The van der Waals surface area contributed by atoms with Gasteiger partial charge < -0.3 is 20.5 Å². The van der Waals surface area contributed by atoms with Crippen LogP contribution in [0.5, 0.6) is 5.75 Å². The number of para-hydroxylation sites is 1. The first kappa shape index (κ1) is 29.0. The zero-order chi connectivity index (χ0) is 28.0. The molecule has 9 heteroatoms. The second kappa shape index (κ2) is 15.6. The summed E-state index contributed by atoms with van der Waals surface area (Å²) in [5.41, 5.74) is 3.13. The van der Waals surface area contributed by atoms with Crippen LogP contribution in [-0.4, -0.2) is 70.7 Å². The Morgan fingerprint density at radius 3 is 2.73 bits per heavy atom. The molecule has 212 valence electrons. The zero-order valence-corrected chi connectivity index (χ0v) is 22.9. The minimum Gasteiger partial charge on any atom is -0.492 e. The van der Waals surface area contributed by atoms with Crippen LogP contribution >= 0.6 is 0 Å². The molecule has 1 aromatic carbocycles. The van der Waals surface area contributed by atoms with Gasteiger partial charge in [-0.15, -0.1) is 0 Å². The van der Waals surface area contributed by atoms with Crippen LogP contribution in [0.2, 0.25) is 0 Å². The van der Waals surface area contributed by atoms with Crippen molar-refractivity contribution in [3.63, 3.8) is 0 Å². The molecule has 0 saturated heterocycles. The summed E-state index contributed by atoms with van der Waals surface area (Å²) in [5.74, 6) is 0.466. The van der Waals surface area contributed by atoms with Gasteiger partial charge in [0.05, 0.1) is 6.42 Å². The van der Waals surface area contributed by atoms with Crippen LogP contribution in [0.3, 0.4) is 0 Å². The van der Waals surface area contributed by atoms with Gasteiger partial charge >= 0.3 is 5.97 Å². The van der Waals surface area contributed by atoms with E-state index in [2.05, 4.69) is 32.7 Å². The van der Waals surface area contributed by atoms with Gasteiger partial charge in [0.1, 0.15) is 24.2 Å². The molecule has 3 aromatic rings. The van der Waals surface area contributed by atoms with Crippen LogP contribution in [0.15, 0.2) is 67.0 Å². The molecule has 0 fully saturated rings. The molecular formula is C31H39N5O4. The lowest BCUT2D eigenvalue weighted by molar-refractivity contribution is -0.142. The summed E-state index contributed by atoms with van der Waals surface area (Å²) in [6.45, 7) is 3.46. The van der Waals surface area contributed by atoms with Gasteiger partial charge in [0.25, 0.3) is 0 Å². The van der Waals surface area contributed by atoms with Crippen molar-refractivity contribution in [2.24, 2.45) is 0 Å². The molecule has 9 nitrogen and oxygen atoms in total. The van der Waals surface area contributed by atoms with E-state index >= 15 is 0 Å². The van der Waals surface area contributed by atoms with Gasteiger partial charge in [-0.1, -0.05) is 30.3 Å². The van der Waals surface area contributed by atoms with Crippen molar-refractivity contribution in [2.75, 3.05) is 38.1 Å². The van der Waals surface area contributed by atoms with Crippen LogP contribution in [0.25, 0.3) is 0 Å². The van der Waals surface area contributed by atoms with Crippen molar-refractivity contribution in [1.82, 2.24) is 20.2 Å². The van der Waals surface area contributed by atoms with Gasteiger partial charge in [-0.2, -0.15) is 0 Å². The third-order valence-corrected chi connectivity index (χ3v) is 6.98. The highest BCUT2D eigenvalue weighted by molar-refractivity contribution is 5.84. The summed E-state index contributed by atoms with van der Waals surface area (Å²) in [7, 11) is 0. The van der Waals surface area contributed by atoms with Gasteiger partial charge in [-0.3, -0.25) is 14.7 Å². The highest BCUT2D eigenvalue weighted by atomic mass is 16.5. The SMILES string of the molecule is O=C(Cc1cccnc1)NC(CCN(CCCCc1ccc2c(n1)NCCC2)CCOc1ccccc1)C(=O)O. The van der Waals surface area contributed by atoms with E-state index in [1.54, 1.807) is 24.5 Å². The number of pyridine rings is 2. The molecule has 40 heavy (non-hydrogen) atoms. The van der Waals surface area contributed by atoms with Gasteiger partial charge in [0.2, 0.25) is 5.91 Å². The topological polar surface area (TPSA) is 117 Å². The average molecular weight is 546 g/mol. The number of ether oxygens (including phenoxy) is 1. The summed E-state index contributed by atoms with van der Waals surface area (Å²) >= 11 is 0. The van der Waals surface area contributed by atoms with Gasteiger partial charge in [-0.25, -0.2) is 9.78 Å². The highest BCUT2D eigenvalue weighted by Gasteiger charge is 2.21. The van der Waals surface area contributed by atoms with Crippen molar-refractivity contribution in [3.8, 4) is 5.75 Å². The summed E-state index contributed by atoms with van der Waals surface area (Å²) in [5, 5.41) is 15.8. The number of hydrogen-bond donors (Lipinski definition) is 3. The molecule has 0 bridgehead atoms. The molecule has 0 aliphatic carbocycles.